The first-order chi connectivity index (χ1) is 37.4. The molecule has 2 aliphatic rings. The number of ether oxygens (including phenoxy) is 6. The summed E-state index contributed by atoms with van der Waals surface area (Å²) in [5, 5.41) is 47.3. The van der Waals surface area contributed by atoms with Crippen molar-refractivity contribution < 1.29 is 111 Å². The lowest BCUT2D eigenvalue weighted by atomic mass is 9.95. The Balaban J connectivity index is 2.57. The second kappa shape index (κ2) is 39.7. The molecule has 4 unspecified atom stereocenters. The molecule has 0 spiro atoms. The lowest BCUT2D eigenvalue weighted by Crippen LogP contribution is -2.66. The summed E-state index contributed by atoms with van der Waals surface area (Å²) in [6.45, 7) is 6.90. The molecule has 13 atom stereocenters. The summed E-state index contributed by atoms with van der Waals surface area (Å²) in [7, 11) is -11.0. The number of carbonyl (C=O) groups is 5. The third-order valence-electron chi connectivity index (χ3n) is 13.4. The number of unbranched alkanes of at least 4 members (excludes halogenated alkanes) is 16. The molecule has 0 bridgehead atoms. The average Bonchev–Trinajstić information content (AvgIpc) is 3.39. The maximum Gasteiger partial charge on any atom is 0.472 e. The fraction of sp³-hybridized carbons (Fsp3) is 0.904. The zero-order valence-electron chi connectivity index (χ0n) is 47.1. The Morgan fingerprint density at radius 1 is 0.582 bits per heavy atom. The van der Waals surface area contributed by atoms with E-state index in [0.29, 0.717) is 19.3 Å². The van der Waals surface area contributed by atoms with Crippen molar-refractivity contribution >= 4 is 45.4 Å². The van der Waals surface area contributed by atoms with Crippen molar-refractivity contribution in [3.63, 3.8) is 0 Å². The second-order valence-corrected chi connectivity index (χ2v) is 23.4. The Bertz CT molecular complexity index is 1840. The van der Waals surface area contributed by atoms with Crippen LogP contribution < -0.4 is 10.6 Å². The van der Waals surface area contributed by atoms with Gasteiger partial charge in [-0.15, -0.1) is 0 Å². The largest absolute Gasteiger partial charge is 0.472 e. The average molecular weight is 1180 g/mol. The van der Waals surface area contributed by atoms with E-state index in [-0.39, 0.29) is 19.3 Å². The predicted molar refractivity (Wildman–Crippen MR) is 285 cm³/mol. The van der Waals surface area contributed by atoms with Gasteiger partial charge in [-0.05, 0) is 32.6 Å². The van der Waals surface area contributed by atoms with Gasteiger partial charge in [0.15, 0.2) is 18.7 Å². The minimum atomic E-state index is -5.51. The first kappa shape index (κ1) is 72.4. The molecular formula is C52H96N2O23P2. The highest BCUT2D eigenvalue weighted by atomic mass is 31.2. The Kier molecular flexibility index (Phi) is 36.4. The molecule has 2 saturated heterocycles. The number of phosphoric ester groups is 2. The molecule has 2 heterocycles. The van der Waals surface area contributed by atoms with Gasteiger partial charge in [0.2, 0.25) is 11.8 Å². The standard InChI is InChI=1S/C52H96N2O23P2/c1-6-9-12-15-17-20-23-25-37(58)29-43(60)53-47-41(73-46(63)30-38(59)26-22-19-14-11-8-3)31-40(72-52(47)77-79(67,68)69)34-70-51-48(54-44(61)32-39(71-36(5)57)27-24-21-18-16-13-10-7-2)50(75-45(62)28-35(4)56)49(42(33-55)74-51)76-78(64,65)66/h35,37-42,47-52,55-56,58-59H,6-34H2,1-5H3,(H,53,60)(H,54,61)(H2,64,65,66)(H2,67,68,69)/t35-,37-,38-,39-,40?,41+,42?,47?,48?,49-,50-,51-,52+/m1/s1. The van der Waals surface area contributed by atoms with Crippen molar-refractivity contribution in [1.29, 1.82) is 0 Å². The molecule has 27 heteroatoms. The number of esters is 3. The second-order valence-electron chi connectivity index (χ2n) is 21.0. The van der Waals surface area contributed by atoms with Crippen molar-refractivity contribution in [2.45, 2.75) is 288 Å². The zero-order valence-corrected chi connectivity index (χ0v) is 48.9. The smallest absolute Gasteiger partial charge is 0.462 e. The van der Waals surface area contributed by atoms with Crippen molar-refractivity contribution in [3.05, 3.63) is 0 Å². The van der Waals surface area contributed by atoms with Crippen LogP contribution in [0.25, 0.3) is 0 Å². The maximum atomic E-state index is 14.0. The summed E-state index contributed by atoms with van der Waals surface area (Å²) in [6.07, 6.45) is -1.25. The molecule has 0 aromatic heterocycles. The summed E-state index contributed by atoms with van der Waals surface area (Å²) in [5.74, 6) is -4.46. The Morgan fingerprint density at radius 3 is 1.57 bits per heavy atom. The van der Waals surface area contributed by atoms with E-state index in [2.05, 4.69) is 31.4 Å². The van der Waals surface area contributed by atoms with Gasteiger partial charge < -0.3 is 79.1 Å². The van der Waals surface area contributed by atoms with Gasteiger partial charge in [0.05, 0.1) is 63.3 Å². The quantitative estimate of drug-likeness (QED) is 0.0157. The number of hydrogen-bond acceptors (Lipinski definition) is 19. The molecule has 25 nitrogen and oxygen atoms in total. The van der Waals surface area contributed by atoms with Gasteiger partial charge in [0, 0.05) is 13.3 Å². The molecule has 0 aliphatic carbocycles. The van der Waals surface area contributed by atoms with Crippen LogP contribution in [0.1, 0.15) is 208 Å². The number of carbonyl (C=O) groups excluding carboxylic acids is 5. The van der Waals surface area contributed by atoms with Crippen LogP contribution in [-0.4, -0.2) is 163 Å². The lowest BCUT2D eigenvalue weighted by Gasteiger charge is -2.46. The van der Waals surface area contributed by atoms with Crippen LogP contribution in [0, 0.1) is 0 Å². The van der Waals surface area contributed by atoms with Crippen molar-refractivity contribution in [2.24, 2.45) is 0 Å². The molecule has 0 aromatic rings. The van der Waals surface area contributed by atoms with Gasteiger partial charge in [-0.25, -0.2) is 9.13 Å². The summed E-state index contributed by atoms with van der Waals surface area (Å²) in [4.78, 5) is 107. The van der Waals surface area contributed by atoms with E-state index in [1.165, 1.54) is 13.8 Å². The van der Waals surface area contributed by atoms with Crippen LogP contribution in [0.4, 0.5) is 0 Å². The summed E-state index contributed by atoms with van der Waals surface area (Å²) >= 11 is 0. The normalized spacial score (nSPS) is 24.2. The predicted octanol–water partition coefficient (Wildman–Crippen LogP) is 5.45. The first-order valence-electron chi connectivity index (χ1n) is 28.6. The highest BCUT2D eigenvalue weighted by molar-refractivity contribution is 7.46. The van der Waals surface area contributed by atoms with Gasteiger partial charge in [-0.1, -0.05) is 136 Å². The number of amides is 2. The number of aliphatic hydroxyl groups excluding tert-OH is 4. The van der Waals surface area contributed by atoms with E-state index in [1.807, 2.05) is 0 Å². The van der Waals surface area contributed by atoms with Crippen LogP contribution in [0.5, 0.6) is 0 Å². The van der Waals surface area contributed by atoms with Crippen molar-refractivity contribution in [3.8, 4) is 0 Å². The zero-order chi connectivity index (χ0) is 59.0. The molecule has 2 rings (SSSR count). The van der Waals surface area contributed by atoms with Crippen LogP contribution in [-0.2, 0) is 70.6 Å². The number of hydrogen-bond donors (Lipinski definition) is 10. The van der Waals surface area contributed by atoms with Crippen LogP contribution in [0.15, 0.2) is 0 Å². The van der Waals surface area contributed by atoms with Gasteiger partial charge in [0.1, 0.15) is 36.5 Å². The molecule has 10 N–H and O–H groups in total. The number of rotatable bonds is 43. The summed E-state index contributed by atoms with van der Waals surface area (Å²) < 4.78 is 70.0. The van der Waals surface area contributed by atoms with E-state index in [9.17, 15) is 73.1 Å². The minimum Gasteiger partial charge on any atom is -0.462 e. The highest BCUT2D eigenvalue weighted by Crippen LogP contribution is 2.43. The van der Waals surface area contributed by atoms with E-state index >= 15 is 0 Å². The van der Waals surface area contributed by atoms with Gasteiger partial charge in [0.25, 0.3) is 0 Å². The van der Waals surface area contributed by atoms with E-state index in [0.717, 1.165) is 103 Å². The monoisotopic (exact) mass is 1180 g/mol. The molecule has 462 valence electrons. The number of aliphatic hydroxyl groups is 4. The number of phosphoric acid groups is 2. The molecule has 2 aliphatic heterocycles. The Labute approximate surface area is 466 Å². The molecule has 0 radical (unpaired) electrons. The van der Waals surface area contributed by atoms with Crippen molar-refractivity contribution in [2.75, 3.05) is 13.2 Å². The molecular weight excluding hydrogens is 1080 g/mol. The highest BCUT2D eigenvalue weighted by Gasteiger charge is 2.53. The van der Waals surface area contributed by atoms with E-state index < -0.39 is 170 Å². The van der Waals surface area contributed by atoms with E-state index in [4.69, 9.17) is 37.5 Å². The molecule has 0 saturated carbocycles. The maximum absolute atomic E-state index is 14.0. The molecule has 79 heavy (non-hydrogen) atoms. The minimum absolute atomic E-state index is 0.261. The third kappa shape index (κ3) is 32.7. The van der Waals surface area contributed by atoms with Gasteiger partial charge in [-0.2, -0.15) is 0 Å². The van der Waals surface area contributed by atoms with Gasteiger partial charge >= 0.3 is 33.6 Å². The topological polar surface area (TPSA) is 379 Å². The fourth-order valence-corrected chi connectivity index (χ4v) is 10.6. The Morgan fingerprint density at radius 2 is 1.06 bits per heavy atom. The molecule has 2 amide bonds. The molecule has 2 fully saturated rings. The summed E-state index contributed by atoms with van der Waals surface area (Å²) in [6, 6.07) is -3.42. The van der Waals surface area contributed by atoms with Crippen LogP contribution >= 0.6 is 15.6 Å². The number of nitrogens with one attached hydrogen (secondary N) is 2. The first-order valence-corrected chi connectivity index (χ1v) is 31.6. The van der Waals surface area contributed by atoms with E-state index in [1.54, 1.807) is 0 Å². The molecule has 0 aromatic carbocycles. The SMILES string of the molecule is CCCCCCCCC[C@@H](O)CC(=O)NC1[C@H](OP(=O)(O)O)OC(CO[C@@H]2OC(CO)[C@@H](OP(=O)(O)O)[C@H](OC(=O)C[C@@H](C)O)C2NC(=O)C[C@@H](CCCCCCCCC)OC(C)=O)C[C@@H]1OC(=O)C[C@H](O)CCCCCCC. The third-order valence-corrected chi connectivity index (χ3v) is 14.4. The fourth-order valence-electron chi connectivity index (χ4n) is 9.55. The van der Waals surface area contributed by atoms with Crippen LogP contribution in [0.3, 0.4) is 0 Å². The summed E-state index contributed by atoms with van der Waals surface area (Å²) in [5.41, 5.74) is 0. The lowest BCUT2D eigenvalue weighted by molar-refractivity contribution is -0.285. The van der Waals surface area contributed by atoms with Crippen LogP contribution in [0.2, 0.25) is 0 Å². The van der Waals surface area contributed by atoms with Crippen molar-refractivity contribution in [1.82, 2.24) is 10.6 Å². The Hall–Kier alpha value is -2.71. The van der Waals surface area contributed by atoms with Gasteiger partial charge in [-0.3, -0.25) is 33.0 Å².